The fraction of sp³-hybridized carbons (Fsp3) is 0.625. The zero-order valence-electron chi connectivity index (χ0n) is 11.8. The molecule has 0 saturated heterocycles. The average Bonchev–Trinajstić information content (AvgIpc) is 2.46. The monoisotopic (exact) mass is 263 g/mol. The van der Waals surface area contributed by atoms with Gasteiger partial charge in [0.2, 0.25) is 0 Å². The lowest BCUT2D eigenvalue weighted by atomic mass is 9.93. The van der Waals surface area contributed by atoms with Gasteiger partial charge in [-0.25, -0.2) is 0 Å². The quantitative estimate of drug-likeness (QED) is 0.858. The van der Waals surface area contributed by atoms with Gasteiger partial charge in [0.15, 0.2) is 0 Å². The number of benzene rings is 1. The van der Waals surface area contributed by atoms with E-state index in [0.29, 0.717) is 12.6 Å². The van der Waals surface area contributed by atoms with E-state index in [4.69, 9.17) is 0 Å². The molecule has 1 fully saturated rings. The summed E-state index contributed by atoms with van der Waals surface area (Å²) < 4.78 is 0. The van der Waals surface area contributed by atoms with Gasteiger partial charge >= 0.3 is 0 Å². The maximum atomic E-state index is 9.55. The highest BCUT2D eigenvalue weighted by molar-refractivity contribution is 5.49. The van der Waals surface area contributed by atoms with E-state index >= 15 is 0 Å². The molecule has 2 N–H and O–H groups in total. The lowest BCUT2D eigenvalue weighted by molar-refractivity contribution is 0.199. The second kappa shape index (κ2) is 6.92. The van der Waals surface area contributed by atoms with Crippen molar-refractivity contribution in [3.05, 3.63) is 29.8 Å². The minimum Gasteiger partial charge on any atom is -0.395 e. The molecule has 0 aromatic heterocycles. The van der Waals surface area contributed by atoms with Gasteiger partial charge < -0.3 is 15.1 Å². The number of aliphatic hydroxyl groups excluding tert-OH is 2. The number of nitrogens with zero attached hydrogens (tertiary/aromatic N) is 1. The molecule has 3 nitrogen and oxygen atoms in total. The molecule has 19 heavy (non-hydrogen) atoms. The number of hydrogen-bond donors (Lipinski definition) is 2. The van der Waals surface area contributed by atoms with Crippen LogP contribution in [-0.4, -0.2) is 29.4 Å². The summed E-state index contributed by atoms with van der Waals surface area (Å²) >= 11 is 0. The molecular formula is C16H25NO2. The van der Waals surface area contributed by atoms with Crippen LogP contribution >= 0.6 is 0 Å². The molecule has 1 aliphatic rings. The van der Waals surface area contributed by atoms with Crippen molar-refractivity contribution < 1.29 is 10.2 Å². The molecule has 0 heterocycles. The molecule has 2 rings (SSSR count). The molecule has 1 atom stereocenters. The van der Waals surface area contributed by atoms with Crippen molar-refractivity contribution in [2.75, 3.05) is 18.1 Å². The van der Waals surface area contributed by atoms with E-state index in [-0.39, 0.29) is 6.61 Å². The van der Waals surface area contributed by atoms with Gasteiger partial charge in [-0.2, -0.15) is 0 Å². The highest BCUT2D eigenvalue weighted by Crippen LogP contribution is 2.28. The number of anilines is 1. The SMILES string of the molecule is CC(O)c1ccc(N(CCO)C2CCCCC2)cc1. The third-order valence-corrected chi connectivity index (χ3v) is 4.06. The molecule has 1 unspecified atom stereocenters. The Kier molecular flexibility index (Phi) is 5.23. The Labute approximate surface area is 115 Å². The predicted octanol–water partition coefficient (Wildman–Crippen LogP) is 2.87. The largest absolute Gasteiger partial charge is 0.395 e. The van der Waals surface area contributed by atoms with Crippen molar-refractivity contribution in [3.63, 3.8) is 0 Å². The van der Waals surface area contributed by atoms with Crippen molar-refractivity contribution in [3.8, 4) is 0 Å². The Balaban J connectivity index is 2.13. The fourth-order valence-electron chi connectivity index (χ4n) is 2.97. The zero-order chi connectivity index (χ0) is 13.7. The third kappa shape index (κ3) is 3.71. The Morgan fingerprint density at radius 3 is 2.32 bits per heavy atom. The van der Waals surface area contributed by atoms with E-state index in [1.165, 1.54) is 32.1 Å². The molecule has 0 spiro atoms. The zero-order valence-corrected chi connectivity index (χ0v) is 11.8. The molecule has 0 aliphatic heterocycles. The van der Waals surface area contributed by atoms with E-state index < -0.39 is 6.10 Å². The van der Waals surface area contributed by atoms with Crippen molar-refractivity contribution in [1.82, 2.24) is 0 Å². The molecule has 106 valence electrons. The van der Waals surface area contributed by atoms with Crippen LogP contribution in [0.4, 0.5) is 5.69 Å². The van der Waals surface area contributed by atoms with Crippen LogP contribution in [0.3, 0.4) is 0 Å². The lowest BCUT2D eigenvalue weighted by Crippen LogP contribution is -2.38. The van der Waals surface area contributed by atoms with E-state index in [2.05, 4.69) is 17.0 Å². The van der Waals surface area contributed by atoms with Crippen molar-refractivity contribution in [1.29, 1.82) is 0 Å². The molecule has 1 aromatic carbocycles. The molecule has 1 aliphatic carbocycles. The number of rotatable bonds is 5. The van der Waals surface area contributed by atoms with Gasteiger partial charge in [-0.15, -0.1) is 0 Å². The van der Waals surface area contributed by atoms with Crippen LogP contribution in [0.1, 0.15) is 50.7 Å². The van der Waals surface area contributed by atoms with Crippen LogP contribution < -0.4 is 4.90 Å². The van der Waals surface area contributed by atoms with Crippen molar-refractivity contribution in [2.45, 2.75) is 51.2 Å². The van der Waals surface area contributed by atoms with Gasteiger partial charge in [0.1, 0.15) is 0 Å². The molecule has 0 bridgehead atoms. The highest BCUT2D eigenvalue weighted by Gasteiger charge is 2.21. The first-order valence-electron chi connectivity index (χ1n) is 7.38. The highest BCUT2D eigenvalue weighted by atomic mass is 16.3. The van der Waals surface area contributed by atoms with Gasteiger partial charge in [-0.3, -0.25) is 0 Å². The Bertz CT molecular complexity index is 369. The van der Waals surface area contributed by atoms with Crippen LogP contribution in [0.25, 0.3) is 0 Å². The average molecular weight is 263 g/mol. The normalized spacial score (nSPS) is 18.3. The van der Waals surface area contributed by atoms with Crippen LogP contribution in [-0.2, 0) is 0 Å². The van der Waals surface area contributed by atoms with Crippen molar-refractivity contribution in [2.24, 2.45) is 0 Å². The fourth-order valence-corrected chi connectivity index (χ4v) is 2.97. The summed E-state index contributed by atoms with van der Waals surface area (Å²) in [5.41, 5.74) is 2.10. The maximum Gasteiger partial charge on any atom is 0.0761 e. The Morgan fingerprint density at radius 2 is 1.79 bits per heavy atom. The summed E-state index contributed by atoms with van der Waals surface area (Å²) in [6.45, 7) is 2.66. The van der Waals surface area contributed by atoms with Crippen LogP contribution in [0, 0.1) is 0 Å². The van der Waals surface area contributed by atoms with E-state index in [1.54, 1.807) is 6.92 Å². The van der Waals surface area contributed by atoms with Gasteiger partial charge in [0.25, 0.3) is 0 Å². The summed E-state index contributed by atoms with van der Waals surface area (Å²) in [5.74, 6) is 0. The molecule has 1 saturated carbocycles. The molecule has 0 radical (unpaired) electrons. The lowest BCUT2D eigenvalue weighted by Gasteiger charge is -2.36. The Hall–Kier alpha value is -1.06. The van der Waals surface area contributed by atoms with E-state index in [1.807, 2.05) is 12.1 Å². The summed E-state index contributed by atoms with van der Waals surface area (Å²) in [6.07, 6.45) is 5.94. The third-order valence-electron chi connectivity index (χ3n) is 4.06. The van der Waals surface area contributed by atoms with Gasteiger partial charge in [0, 0.05) is 18.3 Å². The predicted molar refractivity (Wildman–Crippen MR) is 78.4 cm³/mol. The first-order chi connectivity index (χ1) is 9.22. The summed E-state index contributed by atoms with van der Waals surface area (Å²) in [4.78, 5) is 2.32. The first-order valence-corrected chi connectivity index (χ1v) is 7.38. The second-order valence-corrected chi connectivity index (χ2v) is 5.48. The van der Waals surface area contributed by atoms with E-state index in [9.17, 15) is 10.2 Å². The second-order valence-electron chi connectivity index (χ2n) is 5.48. The maximum absolute atomic E-state index is 9.55. The molecule has 0 amide bonds. The Morgan fingerprint density at radius 1 is 1.16 bits per heavy atom. The van der Waals surface area contributed by atoms with E-state index in [0.717, 1.165) is 11.3 Å². The number of aliphatic hydroxyl groups is 2. The summed E-state index contributed by atoms with van der Waals surface area (Å²) in [6, 6.07) is 8.64. The van der Waals surface area contributed by atoms with Crippen LogP contribution in [0.2, 0.25) is 0 Å². The molecular weight excluding hydrogens is 238 g/mol. The molecule has 3 heteroatoms. The van der Waals surface area contributed by atoms with Gasteiger partial charge in [-0.05, 0) is 37.5 Å². The van der Waals surface area contributed by atoms with Crippen LogP contribution in [0.5, 0.6) is 0 Å². The molecule has 1 aromatic rings. The minimum absolute atomic E-state index is 0.189. The summed E-state index contributed by atoms with van der Waals surface area (Å²) in [7, 11) is 0. The topological polar surface area (TPSA) is 43.7 Å². The summed E-state index contributed by atoms with van der Waals surface area (Å²) in [5, 5.41) is 18.8. The van der Waals surface area contributed by atoms with Gasteiger partial charge in [0.05, 0.1) is 12.7 Å². The standard InChI is InChI=1S/C16H25NO2/c1-13(19)14-7-9-16(10-8-14)17(11-12-18)15-5-3-2-4-6-15/h7-10,13,15,18-19H,2-6,11-12H2,1H3. The minimum atomic E-state index is -0.421. The number of hydrogen-bond acceptors (Lipinski definition) is 3. The van der Waals surface area contributed by atoms with Crippen LogP contribution in [0.15, 0.2) is 24.3 Å². The van der Waals surface area contributed by atoms with Crippen molar-refractivity contribution >= 4 is 5.69 Å². The smallest absolute Gasteiger partial charge is 0.0761 e. The first kappa shape index (κ1) is 14.4. The van der Waals surface area contributed by atoms with Gasteiger partial charge in [-0.1, -0.05) is 31.4 Å².